The molecule has 0 unspecified atom stereocenters. The monoisotopic (exact) mass is 694 g/mol. The molecule has 0 aromatic heterocycles. The van der Waals surface area contributed by atoms with Crippen LogP contribution in [0.4, 0.5) is 0 Å². The van der Waals surface area contributed by atoms with Crippen molar-refractivity contribution in [1.29, 1.82) is 0 Å². The maximum Gasteiger partial charge on any atom is 0.0731 e. The summed E-state index contributed by atoms with van der Waals surface area (Å²) in [6.07, 6.45) is 0. The normalized spacial score (nSPS) is 13.2. The van der Waals surface area contributed by atoms with E-state index in [1.54, 1.807) is 0 Å². The van der Waals surface area contributed by atoms with Gasteiger partial charge in [-0.3, -0.25) is 0 Å². The first kappa shape index (κ1) is 30.4. The molecule has 0 saturated heterocycles. The van der Waals surface area contributed by atoms with Crippen LogP contribution in [0, 0.1) is 0 Å². The number of hydrogen-bond acceptors (Lipinski definition) is 0. The molecule has 10 aromatic rings. The van der Waals surface area contributed by atoms with Crippen LogP contribution in [-0.4, -0.2) is 0 Å². The summed E-state index contributed by atoms with van der Waals surface area (Å²) in [5.41, 5.74) is 17.8. The van der Waals surface area contributed by atoms with Crippen LogP contribution >= 0.6 is 0 Å². The first-order valence-corrected chi connectivity index (χ1v) is 19.3. The second-order valence-electron chi connectivity index (χ2n) is 15.1. The summed E-state index contributed by atoms with van der Waals surface area (Å²) in [7, 11) is 0. The maximum absolute atomic E-state index is 2.46. The fourth-order valence-electron chi connectivity index (χ4n) is 10.3. The predicted octanol–water partition coefficient (Wildman–Crippen LogP) is 14.5. The number of rotatable bonds is 3. The minimum atomic E-state index is -0.444. The molecule has 55 heavy (non-hydrogen) atoms. The lowest BCUT2D eigenvalue weighted by molar-refractivity contribution is 0.801. The van der Waals surface area contributed by atoms with Crippen LogP contribution in [0.2, 0.25) is 0 Å². The molecule has 0 atom stereocenters. The van der Waals surface area contributed by atoms with Gasteiger partial charge in [0.25, 0.3) is 0 Å². The van der Waals surface area contributed by atoms with Crippen molar-refractivity contribution < 1.29 is 0 Å². The van der Waals surface area contributed by atoms with E-state index in [1.807, 2.05) is 0 Å². The van der Waals surface area contributed by atoms with Gasteiger partial charge in [0.05, 0.1) is 5.41 Å². The van der Waals surface area contributed by atoms with E-state index in [1.165, 1.54) is 110 Å². The summed E-state index contributed by atoms with van der Waals surface area (Å²) in [6, 6.07) is 77.2. The molecule has 0 heterocycles. The lowest BCUT2D eigenvalue weighted by Crippen LogP contribution is -2.26. The van der Waals surface area contributed by atoms with Crippen molar-refractivity contribution in [2.24, 2.45) is 0 Å². The highest BCUT2D eigenvalue weighted by molar-refractivity contribution is 6.10. The molecule has 1 spiro atoms. The van der Waals surface area contributed by atoms with Gasteiger partial charge in [-0.15, -0.1) is 0 Å². The van der Waals surface area contributed by atoms with Crippen LogP contribution in [0.5, 0.6) is 0 Å². The highest BCUT2D eigenvalue weighted by atomic mass is 14.5. The molecular formula is C55H34. The lowest BCUT2D eigenvalue weighted by Gasteiger charge is -2.31. The fourth-order valence-corrected chi connectivity index (χ4v) is 10.3. The molecule has 10 aromatic carbocycles. The van der Waals surface area contributed by atoms with E-state index in [4.69, 9.17) is 0 Å². The van der Waals surface area contributed by atoms with Crippen LogP contribution in [0.15, 0.2) is 206 Å². The molecule has 0 heteroatoms. The Morgan fingerprint density at radius 1 is 0.255 bits per heavy atom. The van der Waals surface area contributed by atoms with Gasteiger partial charge in [0.1, 0.15) is 0 Å². The van der Waals surface area contributed by atoms with Gasteiger partial charge in [0, 0.05) is 0 Å². The third-order valence-electron chi connectivity index (χ3n) is 12.4. The third kappa shape index (κ3) is 4.17. The van der Waals surface area contributed by atoms with Crippen molar-refractivity contribution in [3.8, 4) is 55.6 Å². The Morgan fingerprint density at radius 3 is 1.20 bits per heavy atom. The minimum absolute atomic E-state index is 0.444. The molecule has 0 bridgehead atoms. The van der Waals surface area contributed by atoms with Crippen molar-refractivity contribution >= 4 is 32.3 Å². The van der Waals surface area contributed by atoms with Gasteiger partial charge in [-0.05, 0) is 134 Å². The van der Waals surface area contributed by atoms with Crippen molar-refractivity contribution in [2.45, 2.75) is 5.41 Å². The predicted molar refractivity (Wildman–Crippen MR) is 232 cm³/mol. The average Bonchev–Trinajstić information content (AvgIpc) is 3.73. The SMILES string of the molecule is c1ccc2c(c1)-c1ccccc1C21c2ccccc2-c2c(-c3cc(-c4cccc5ccccc45)cc(-c4cccc5ccccc45)c3)cc3ccccc3c21. The minimum Gasteiger partial charge on any atom is -0.0619 e. The molecule has 0 nitrogen and oxygen atoms in total. The Bertz CT molecular complexity index is 3060. The van der Waals surface area contributed by atoms with Crippen LogP contribution in [0.1, 0.15) is 22.3 Å². The third-order valence-corrected chi connectivity index (χ3v) is 12.4. The summed E-state index contributed by atoms with van der Waals surface area (Å²) >= 11 is 0. The van der Waals surface area contributed by atoms with E-state index < -0.39 is 5.41 Å². The van der Waals surface area contributed by atoms with Gasteiger partial charge in [-0.2, -0.15) is 0 Å². The number of benzene rings is 10. The van der Waals surface area contributed by atoms with E-state index in [0.717, 1.165) is 0 Å². The molecule has 0 N–H and O–H groups in total. The Kier molecular flexibility index (Phi) is 6.36. The summed E-state index contributed by atoms with van der Waals surface area (Å²) in [4.78, 5) is 0. The van der Waals surface area contributed by atoms with Crippen molar-refractivity contribution in [1.82, 2.24) is 0 Å². The highest BCUT2D eigenvalue weighted by Gasteiger charge is 2.53. The van der Waals surface area contributed by atoms with Gasteiger partial charge >= 0.3 is 0 Å². The second-order valence-corrected chi connectivity index (χ2v) is 15.1. The molecule has 0 amide bonds. The summed E-state index contributed by atoms with van der Waals surface area (Å²) in [5, 5.41) is 7.59. The van der Waals surface area contributed by atoms with E-state index in [-0.39, 0.29) is 0 Å². The van der Waals surface area contributed by atoms with E-state index in [0.29, 0.717) is 0 Å². The van der Waals surface area contributed by atoms with Crippen LogP contribution in [0.25, 0.3) is 88.0 Å². The fraction of sp³-hybridized carbons (Fsp3) is 0.0182. The first-order valence-electron chi connectivity index (χ1n) is 19.3. The number of fused-ring (bicyclic) bond motifs is 14. The second kappa shape index (κ2) is 11.5. The molecule has 12 rings (SSSR count). The zero-order valence-electron chi connectivity index (χ0n) is 30.1. The van der Waals surface area contributed by atoms with Crippen molar-refractivity contribution in [3.05, 3.63) is 229 Å². The topological polar surface area (TPSA) is 0 Å². The molecule has 0 radical (unpaired) electrons. The van der Waals surface area contributed by atoms with E-state index in [2.05, 4.69) is 206 Å². The van der Waals surface area contributed by atoms with Crippen molar-refractivity contribution in [2.75, 3.05) is 0 Å². The zero-order valence-corrected chi connectivity index (χ0v) is 30.1. The molecule has 254 valence electrons. The Labute approximate surface area is 320 Å². The quantitative estimate of drug-likeness (QED) is 0.173. The van der Waals surface area contributed by atoms with Crippen LogP contribution in [0.3, 0.4) is 0 Å². The zero-order chi connectivity index (χ0) is 36.1. The summed E-state index contributed by atoms with van der Waals surface area (Å²) < 4.78 is 0. The molecular weight excluding hydrogens is 661 g/mol. The summed E-state index contributed by atoms with van der Waals surface area (Å²) in [5.74, 6) is 0. The Hall–Kier alpha value is -7.02. The molecule has 2 aliphatic carbocycles. The number of hydrogen-bond donors (Lipinski definition) is 0. The van der Waals surface area contributed by atoms with Crippen molar-refractivity contribution in [3.63, 3.8) is 0 Å². The Morgan fingerprint density at radius 2 is 0.636 bits per heavy atom. The largest absolute Gasteiger partial charge is 0.0731 e. The van der Waals surface area contributed by atoms with Gasteiger partial charge < -0.3 is 0 Å². The first-order chi connectivity index (χ1) is 27.3. The highest BCUT2D eigenvalue weighted by Crippen LogP contribution is 2.65. The van der Waals surface area contributed by atoms with Gasteiger partial charge in [0.2, 0.25) is 0 Å². The average molecular weight is 695 g/mol. The molecule has 0 aliphatic heterocycles. The standard InChI is InChI=1S/C55H34/c1-4-20-41-35(15-1)18-13-26-43(41)38-31-39(44-27-14-19-36-16-2-5-21-42(36)44)33-40(32-38)49-34-37-17-3-6-22-45(37)54-53(49)48-25-9-12-30-52(48)55(54)50-28-10-7-23-46(50)47-24-8-11-29-51(47)55/h1-34H. The maximum atomic E-state index is 2.46. The molecule has 0 saturated carbocycles. The van der Waals surface area contributed by atoms with Gasteiger partial charge in [-0.1, -0.05) is 182 Å². The van der Waals surface area contributed by atoms with Gasteiger partial charge in [0.15, 0.2) is 0 Å². The smallest absolute Gasteiger partial charge is 0.0619 e. The van der Waals surface area contributed by atoms with E-state index >= 15 is 0 Å². The Balaban J connectivity index is 1.24. The van der Waals surface area contributed by atoms with Gasteiger partial charge in [-0.25, -0.2) is 0 Å². The molecule has 2 aliphatic rings. The molecule has 0 fully saturated rings. The van der Waals surface area contributed by atoms with Crippen LogP contribution in [-0.2, 0) is 5.41 Å². The lowest BCUT2D eigenvalue weighted by atomic mass is 9.69. The van der Waals surface area contributed by atoms with E-state index in [9.17, 15) is 0 Å². The summed E-state index contributed by atoms with van der Waals surface area (Å²) in [6.45, 7) is 0. The van der Waals surface area contributed by atoms with Crippen LogP contribution < -0.4 is 0 Å².